The van der Waals surface area contributed by atoms with Crippen LogP contribution in [0, 0.1) is 13.8 Å². The van der Waals surface area contributed by atoms with Crippen molar-refractivity contribution < 1.29 is 19.1 Å². The highest BCUT2D eigenvalue weighted by molar-refractivity contribution is 6.32. The summed E-state index contributed by atoms with van der Waals surface area (Å²) in [5.41, 5.74) is 7.34. The molecule has 1 aromatic carbocycles. The van der Waals surface area contributed by atoms with Crippen LogP contribution >= 0.6 is 11.6 Å². The molecule has 0 bridgehead atoms. The Hall–Kier alpha value is -2.87. The van der Waals surface area contributed by atoms with Gasteiger partial charge in [0, 0.05) is 0 Å². The number of carbonyl (C=O) groups is 3. The van der Waals surface area contributed by atoms with Crippen molar-refractivity contribution in [1.29, 1.82) is 0 Å². The second kappa shape index (κ2) is 7.80. The summed E-state index contributed by atoms with van der Waals surface area (Å²) < 4.78 is 6.31. The number of nitrogens with one attached hydrogen (secondary N) is 1. The van der Waals surface area contributed by atoms with Gasteiger partial charge < -0.3 is 10.5 Å². The predicted molar refractivity (Wildman–Crippen MR) is 90.3 cm³/mol. The van der Waals surface area contributed by atoms with E-state index in [0.717, 1.165) is 11.1 Å². The molecule has 1 aromatic heterocycles. The molecule has 3 N–H and O–H groups in total. The lowest BCUT2D eigenvalue weighted by molar-refractivity contribution is -0.123. The van der Waals surface area contributed by atoms with Crippen molar-refractivity contribution in [2.45, 2.75) is 20.4 Å². The van der Waals surface area contributed by atoms with Gasteiger partial charge in [0.05, 0.1) is 12.2 Å². The minimum absolute atomic E-state index is 0.0700. The molecule has 2 aromatic rings. The standard InChI is InChI=1S/C16H17ClN4O4/c1-9-3-5-11(6-4-9)7-21-14(17)13(10(2)20-21)15(23)25-8-12(22)19-16(18)24/h3-6H,7-8H2,1-2H3,(H3,18,19,22,24). The minimum atomic E-state index is -1.03. The van der Waals surface area contributed by atoms with Crippen LogP contribution in [0.25, 0.3) is 0 Å². The Morgan fingerprint density at radius 2 is 1.88 bits per heavy atom. The van der Waals surface area contributed by atoms with Crippen LogP contribution in [0.3, 0.4) is 0 Å². The Labute approximate surface area is 148 Å². The molecule has 3 amide bonds. The average molecular weight is 365 g/mol. The lowest BCUT2D eigenvalue weighted by atomic mass is 10.1. The molecule has 25 heavy (non-hydrogen) atoms. The van der Waals surface area contributed by atoms with Crippen molar-refractivity contribution >= 4 is 29.5 Å². The lowest BCUT2D eigenvalue weighted by Gasteiger charge is -2.05. The third kappa shape index (κ3) is 4.80. The Balaban J connectivity index is 2.10. The van der Waals surface area contributed by atoms with E-state index >= 15 is 0 Å². The zero-order valence-corrected chi connectivity index (χ0v) is 14.5. The average Bonchev–Trinajstić information content (AvgIpc) is 2.81. The zero-order chi connectivity index (χ0) is 18.6. The number of imide groups is 1. The van der Waals surface area contributed by atoms with Crippen LogP contribution < -0.4 is 11.1 Å². The van der Waals surface area contributed by atoms with Crippen molar-refractivity contribution in [2.75, 3.05) is 6.61 Å². The summed E-state index contributed by atoms with van der Waals surface area (Å²) in [6.07, 6.45) is 0. The molecule has 2 rings (SSSR count). The monoisotopic (exact) mass is 364 g/mol. The molecule has 8 nitrogen and oxygen atoms in total. The zero-order valence-electron chi connectivity index (χ0n) is 13.7. The molecule has 0 atom stereocenters. The van der Waals surface area contributed by atoms with E-state index in [1.54, 1.807) is 12.2 Å². The van der Waals surface area contributed by atoms with E-state index in [1.165, 1.54) is 4.68 Å². The first-order chi connectivity index (χ1) is 11.8. The number of carbonyl (C=O) groups excluding carboxylic acids is 3. The summed E-state index contributed by atoms with van der Waals surface area (Å²) in [6, 6.07) is 6.78. The maximum absolute atomic E-state index is 12.1. The summed E-state index contributed by atoms with van der Waals surface area (Å²) in [5, 5.41) is 6.13. The maximum Gasteiger partial charge on any atom is 0.343 e. The number of urea groups is 1. The fourth-order valence-corrected chi connectivity index (χ4v) is 2.44. The molecule has 0 fully saturated rings. The second-order valence-corrected chi connectivity index (χ2v) is 5.74. The van der Waals surface area contributed by atoms with Crippen LogP contribution in [0.15, 0.2) is 24.3 Å². The van der Waals surface area contributed by atoms with Gasteiger partial charge in [0.2, 0.25) is 0 Å². The van der Waals surface area contributed by atoms with Crippen molar-refractivity contribution in [3.05, 3.63) is 51.8 Å². The molecule has 0 aliphatic carbocycles. The molecule has 1 heterocycles. The van der Waals surface area contributed by atoms with Crippen molar-refractivity contribution in [3.8, 4) is 0 Å². The van der Waals surface area contributed by atoms with Crippen LogP contribution in [-0.2, 0) is 16.1 Å². The smallest absolute Gasteiger partial charge is 0.343 e. The first kappa shape index (κ1) is 18.5. The molecule has 9 heteroatoms. The van der Waals surface area contributed by atoms with Crippen LogP contribution in [0.4, 0.5) is 4.79 Å². The molecule has 0 saturated heterocycles. The predicted octanol–water partition coefficient (Wildman–Crippen LogP) is 1.55. The Morgan fingerprint density at radius 3 is 2.48 bits per heavy atom. The molecule has 0 aliphatic heterocycles. The highest BCUT2D eigenvalue weighted by Gasteiger charge is 2.22. The van der Waals surface area contributed by atoms with Gasteiger partial charge in [-0.2, -0.15) is 5.10 Å². The van der Waals surface area contributed by atoms with Crippen molar-refractivity contribution in [1.82, 2.24) is 15.1 Å². The van der Waals surface area contributed by atoms with Gasteiger partial charge in [-0.1, -0.05) is 41.4 Å². The minimum Gasteiger partial charge on any atom is -0.452 e. The number of amides is 3. The van der Waals surface area contributed by atoms with E-state index in [2.05, 4.69) is 5.10 Å². The molecule has 0 radical (unpaired) electrons. The van der Waals surface area contributed by atoms with Gasteiger partial charge in [0.1, 0.15) is 10.7 Å². The van der Waals surface area contributed by atoms with E-state index < -0.39 is 24.5 Å². The van der Waals surface area contributed by atoms with E-state index in [0.29, 0.717) is 12.2 Å². The van der Waals surface area contributed by atoms with Crippen LogP contribution in [0.5, 0.6) is 0 Å². The number of ether oxygens (including phenoxy) is 1. The normalized spacial score (nSPS) is 10.4. The number of primary amides is 1. The second-order valence-electron chi connectivity index (χ2n) is 5.38. The van der Waals surface area contributed by atoms with Crippen molar-refractivity contribution in [3.63, 3.8) is 0 Å². The van der Waals surface area contributed by atoms with Gasteiger partial charge in [-0.05, 0) is 19.4 Å². The highest BCUT2D eigenvalue weighted by atomic mass is 35.5. The SMILES string of the molecule is Cc1ccc(Cn2nc(C)c(C(=O)OCC(=O)NC(N)=O)c2Cl)cc1. The van der Waals surface area contributed by atoms with E-state index in [1.807, 2.05) is 31.2 Å². The number of hydrogen-bond donors (Lipinski definition) is 2. The Morgan fingerprint density at radius 1 is 1.24 bits per heavy atom. The third-order valence-corrected chi connectivity index (χ3v) is 3.70. The first-order valence-electron chi connectivity index (χ1n) is 7.32. The molecular formula is C16H17ClN4O4. The molecule has 0 spiro atoms. The Kier molecular flexibility index (Phi) is 5.76. The van der Waals surface area contributed by atoms with Crippen LogP contribution in [0.1, 0.15) is 27.2 Å². The number of nitrogens with two attached hydrogens (primary N) is 1. The number of esters is 1. The topological polar surface area (TPSA) is 116 Å². The largest absolute Gasteiger partial charge is 0.452 e. The molecule has 132 valence electrons. The van der Waals surface area contributed by atoms with Gasteiger partial charge in [0.25, 0.3) is 5.91 Å². The fraction of sp³-hybridized carbons (Fsp3) is 0.250. The fourth-order valence-electron chi connectivity index (χ4n) is 2.13. The van der Waals surface area contributed by atoms with E-state index in [-0.39, 0.29) is 10.7 Å². The summed E-state index contributed by atoms with van der Waals surface area (Å²) in [5.74, 6) is -1.64. The number of hydrogen-bond acceptors (Lipinski definition) is 5. The number of halogens is 1. The number of aryl methyl sites for hydroxylation is 2. The number of benzene rings is 1. The van der Waals surface area contributed by atoms with Gasteiger partial charge in [-0.3, -0.25) is 10.1 Å². The van der Waals surface area contributed by atoms with Crippen molar-refractivity contribution in [2.24, 2.45) is 5.73 Å². The number of nitrogens with zero attached hydrogens (tertiary/aromatic N) is 2. The van der Waals surface area contributed by atoms with Crippen LogP contribution in [-0.4, -0.2) is 34.3 Å². The summed E-state index contributed by atoms with van der Waals surface area (Å²) in [6.45, 7) is 3.32. The highest BCUT2D eigenvalue weighted by Crippen LogP contribution is 2.22. The Bertz CT molecular complexity index is 814. The number of rotatable bonds is 5. The molecule has 0 unspecified atom stereocenters. The summed E-state index contributed by atoms with van der Waals surface area (Å²) >= 11 is 6.23. The van der Waals surface area contributed by atoms with E-state index in [4.69, 9.17) is 22.1 Å². The summed E-state index contributed by atoms with van der Waals surface area (Å²) in [4.78, 5) is 34.0. The van der Waals surface area contributed by atoms with Gasteiger partial charge in [-0.15, -0.1) is 0 Å². The number of aromatic nitrogens is 2. The molecular weight excluding hydrogens is 348 g/mol. The van der Waals surface area contributed by atoms with Gasteiger partial charge >= 0.3 is 12.0 Å². The van der Waals surface area contributed by atoms with Gasteiger partial charge in [0.15, 0.2) is 6.61 Å². The third-order valence-electron chi connectivity index (χ3n) is 3.32. The molecule has 0 saturated carbocycles. The summed E-state index contributed by atoms with van der Waals surface area (Å²) in [7, 11) is 0. The quantitative estimate of drug-likeness (QED) is 0.781. The van der Waals surface area contributed by atoms with E-state index in [9.17, 15) is 14.4 Å². The van der Waals surface area contributed by atoms with Crippen LogP contribution in [0.2, 0.25) is 5.15 Å². The molecule has 0 aliphatic rings. The van der Waals surface area contributed by atoms with Gasteiger partial charge in [-0.25, -0.2) is 14.3 Å². The lowest BCUT2D eigenvalue weighted by Crippen LogP contribution is -2.37. The maximum atomic E-state index is 12.1. The first-order valence-corrected chi connectivity index (χ1v) is 7.70.